The molecule has 1 amide bonds. The number of carbonyl (C=O) groups excluding carboxylic acids is 1. The Morgan fingerprint density at radius 1 is 1.03 bits per heavy atom. The van der Waals surface area contributed by atoms with Crippen LogP contribution in [0, 0.1) is 0 Å². The summed E-state index contributed by atoms with van der Waals surface area (Å²) in [6.07, 6.45) is 0.746. The van der Waals surface area contributed by atoms with Crippen LogP contribution < -0.4 is 15.2 Å². The van der Waals surface area contributed by atoms with Crippen LogP contribution in [0.2, 0.25) is 0 Å². The van der Waals surface area contributed by atoms with Crippen LogP contribution in [0.4, 0.5) is 0 Å². The minimum Gasteiger partial charge on any atom is -0.454 e. The summed E-state index contributed by atoms with van der Waals surface area (Å²) in [5.74, 6) is 1.51. The number of carbonyl (C=O) groups is 1. The van der Waals surface area contributed by atoms with E-state index in [1.165, 1.54) is 6.26 Å². The Morgan fingerprint density at radius 3 is 2.52 bits per heavy atom. The van der Waals surface area contributed by atoms with Gasteiger partial charge in [-0.15, -0.1) is 12.4 Å². The van der Waals surface area contributed by atoms with Gasteiger partial charge >= 0.3 is 0 Å². The summed E-state index contributed by atoms with van der Waals surface area (Å²) in [5.41, 5.74) is 7.72. The van der Waals surface area contributed by atoms with Gasteiger partial charge in [-0.05, 0) is 23.3 Å². The molecule has 5 rings (SSSR count). The molecular formula is C22H22ClN3O5. The topological polar surface area (TPSA) is 100 Å². The van der Waals surface area contributed by atoms with E-state index in [4.69, 9.17) is 24.4 Å². The predicted molar refractivity (Wildman–Crippen MR) is 113 cm³/mol. The van der Waals surface area contributed by atoms with Crippen molar-refractivity contribution in [2.45, 2.75) is 18.8 Å². The Labute approximate surface area is 185 Å². The van der Waals surface area contributed by atoms with Gasteiger partial charge in [0.05, 0.1) is 19.6 Å². The van der Waals surface area contributed by atoms with Crippen LogP contribution in [0.15, 0.2) is 59.2 Å². The number of hydrogen-bond acceptors (Lipinski definition) is 7. The van der Waals surface area contributed by atoms with Gasteiger partial charge in [-0.2, -0.15) is 0 Å². The van der Waals surface area contributed by atoms with Gasteiger partial charge < -0.3 is 29.3 Å². The lowest BCUT2D eigenvalue weighted by atomic mass is 10.0. The predicted octanol–water partition coefficient (Wildman–Crippen LogP) is 3.24. The number of nitrogens with two attached hydrogens (primary N) is 1. The largest absolute Gasteiger partial charge is 0.454 e. The number of hydrogen-bond donors (Lipinski definition) is 1. The van der Waals surface area contributed by atoms with Gasteiger partial charge in [-0.3, -0.25) is 4.79 Å². The molecular weight excluding hydrogens is 422 g/mol. The fourth-order valence-corrected chi connectivity index (χ4v) is 3.74. The fourth-order valence-electron chi connectivity index (χ4n) is 3.74. The first-order chi connectivity index (χ1) is 14.7. The monoisotopic (exact) mass is 443 g/mol. The van der Waals surface area contributed by atoms with E-state index < -0.39 is 0 Å². The fraction of sp³-hybridized carbons (Fsp3) is 0.273. The van der Waals surface area contributed by atoms with Crippen molar-refractivity contribution in [1.29, 1.82) is 0 Å². The number of benzene rings is 2. The summed E-state index contributed by atoms with van der Waals surface area (Å²) < 4.78 is 22.6. The quantitative estimate of drug-likeness (QED) is 0.660. The zero-order valence-electron chi connectivity index (χ0n) is 16.6. The van der Waals surface area contributed by atoms with Gasteiger partial charge in [-0.1, -0.05) is 36.4 Å². The summed E-state index contributed by atoms with van der Waals surface area (Å²) in [5, 5.41) is 0. The Bertz CT molecular complexity index is 1060. The molecule has 0 saturated carbocycles. The molecule has 0 bridgehead atoms. The van der Waals surface area contributed by atoms with E-state index in [0.717, 1.165) is 11.1 Å². The van der Waals surface area contributed by atoms with Crippen molar-refractivity contribution >= 4 is 18.3 Å². The molecule has 31 heavy (non-hydrogen) atoms. The van der Waals surface area contributed by atoms with Gasteiger partial charge in [0.1, 0.15) is 18.5 Å². The number of aromatic nitrogens is 1. The van der Waals surface area contributed by atoms with Crippen LogP contribution in [0.1, 0.15) is 39.7 Å². The highest BCUT2D eigenvalue weighted by Crippen LogP contribution is 2.38. The third kappa shape index (κ3) is 4.23. The summed E-state index contributed by atoms with van der Waals surface area (Å²) in [7, 11) is 0. The summed E-state index contributed by atoms with van der Waals surface area (Å²) >= 11 is 0. The number of fused-ring (bicyclic) bond motifs is 1. The highest BCUT2D eigenvalue weighted by molar-refractivity contribution is 5.92. The first-order valence-electron chi connectivity index (χ1n) is 9.75. The highest BCUT2D eigenvalue weighted by atomic mass is 35.5. The molecule has 1 saturated heterocycles. The van der Waals surface area contributed by atoms with Crippen LogP contribution in [-0.4, -0.2) is 35.7 Å². The molecule has 0 unspecified atom stereocenters. The van der Waals surface area contributed by atoms with Crippen molar-refractivity contribution in [2.24, 2.45) is 5.73 Å². The Balaban J connectivity index is 0.00000231. The molecule has 0 aliphatic carbocycles. The number of oxazole rings is 1. The second-order valence-electron chi connectivity index (χ2n) is 7.18. The van der Waals surface area contributed by atoms with Crippen LogP contribution in [0.5, 0.6) is 11.5 Å². The van der Waals surface area contributed by atoms with E-state index in [1.54, 1.807) is 4.90 Å². The number of nitrogens with zero attached hydrogens (tertiary/aromatic N) is 2. The Kier molecular flexibility index (Phi) is 6.13. The van der Waals surface area contributed by atoms with Gasteiger partial charge in [0.2, 0.25) is 12.7 Å². The second-order valence-corrected chi connectivity index (χ2v) is 7.18. The molecule has 1 aromatic heterocycles. The van der Waals surface area contributed by atoms with Crippen LogP contribution in [0.25, 0.3) is 0 Å². The zero-order chi connectivity index (χ0) is 20.5. The maximum atomic E-state index is 13.1. The summed E-state index contributed by atoms with van der Waals surface area (Å²) in [6.45, 7) is 1.14. The third-order valence-electron chi connectivity index (χ3n) is 5.27. The number of morpholine rings is 1. The van der Waals surface area contributed by atoms with Crippen molar-refractivity contribution in [3.05, 3.63) is 77.5 Å². The molecule has 0 radical (unpaired) electrons. The minimum atomic E-state index is -0.330. The zero-order valence-corrected chi connectivity index (χ0v) is 17.4. The molecule has 0 spiro atoms. The van der Waals surface area contributed by atoms with E-state index in [9.17, 15) is 4.79 Å². The molecule has 2 aliphatic heterocycles. The van der Waals surface area contributed by atoms with Crippen LogP contribution in [0.3, 0.4) is 0 Å². The molecule has 2 N–H and O–H groups in total. The average Bonchev–Trinajstić information content (AvgIpc) is 3.48. The summed E-state index contributed by atoms with van der Waals surface area (Å²) in [4.78, 5) is 19.1. The molecule has 2 aromatic carbocycles. The molecule has 2 aliphatic rings. The van der Waals surface area contributed by atoms with Gasteiger partial charge in [0.25, 0.3) is 5.91 Å². The van der Waals surface area contributed by atoms with Gasteiger partial charge in [0.15, 0.2) is 17.2 Å². The average molecular weight is 444 g/mol. The summed E-state index contributed by atoms with van der Waals surface area (Å²) in [6, 6.07) is 15.6. The van der Waals surface area contributed by atoms with E-state index in [-0.39, 0.29) is 49.6 Å². The van der Waals surface area contributed by atoms with E-state index in [0.29, 0.717) is 30.5 Å². The lowest BCUT2D eigenvalue weighted by Gasteiger charge is -2.38. The molecule has 8 nitrogen and oxygen atoms in total. The van der Waals surface area contributed by atoms with E-state index in [1.807, 2.05) is 48.5 Å². The first-order valence-corrected chi connectivity index (χ1v) is 9.75. The normalized spacial score (nSPS) is 19.7. The second kappa shape index (κ2) is 8.97. The smallest absolute Gasteiger partial charge is 0.276 e. The van der Waals surface area contributed by atoms with Crippen molar-refractivity contribution < 1.29 is 23.4 Å². The number of halogens is 1. The molecule has 1 fully saturated rings. The van der Waals surface area contributed by atoms with E-state index in [2.05, 4.69) is 4.98 Å². The molecule has 3 aromatic rings. The lowest BCUT2D eigenvalue weighted by Crippen LogP contribution is -2.43. The highest BCUT2D eigenvalue weighted by Gasteiger charge is 2.34. The number of rotatable bonds is 4. The van der Waals surface area contributed by atoms with Gasteiger partial charge in [0, 0.05) is 0 Å². The van der Waals surface area contributed by atoms with Gasteiger partial charge in [-0.25, -0.2) is 4.98 Å². The van der Waals surface area contributed by atoms with Crippen molar-refractivity contribution in [1.82, 2.24) is 9.88 Å². The standard InChI is InChI=1S/C22H21N3O5.ClH/c23-9-21-24-16(12-27-21)22(26)25-10-19(14-4-2-1-3-5-14)30-20(11-25)15-6-7-17-18(8-15)29-13-28-17;/h1-8,12,19-20H,9-11,13,23H2;1H/t19-,20+;/m0./s1. The maximum absolute atomic E-state index is 13.1. The van der Waals surface area contributed by atoms with Crippen molar-refractivity contribution in [3.8, 4) is 11.5 Å². The van der Waals surface area contributed by atoms with Crippen molar-refractivity contribution in [2.75, 3.05) is 19.9 Å². The Morgan fingerprint density at radius 2 is 1.77 bits per heavy atom. The lowest BCUT2D eigenvalue weighted by molar-refractivity contribution is -0.0798. The molecule has 2 atom stereocenters. The maximum Gasteiger partial charge on any atom is 0.276 e. The third-order valence-corrected chi connectivity index (χ3v) is 5.27. The number of ether oxygens (including phenoxy) is 3. The molecule has 9 heteroatoms. The SMILES string of the molecule is Cl.NCc1nc(C(=O)N2C[C@@H](c3ccccc3)O[C@@H](c3ccc4c(c3)OCO4)C2)co1. The van der Waals surface area contributed by atoms with E-state index >= 15 is 0 Å². The molecule has 3 heterocycles. The van der Waals surface area contributed by atoms with Crippen molar-refractivity contribution in [3.63, 3.8) is 0 Å². The van der Waals surface area contributed by atoms with Crippen LogP contribution >= 0.6 is 12.4 Å². The van der Waals surface area contributed by atoms with Crippen LogP contribution in [-0.2, 0) is 11.3 Å². The minimum absolute atomic E-state index is 0. The molecule has 162 valence electrons. The number of amides is 1. The first kappa shape index (κ1) is 21.2. The Hall–Kier alpha value is -3.07.